The van der Waals surface area contributed by atoms with Crippen molar-refractivity contribution in [2.45, 2.75) is 31.7 Å². The Kier molecular flexibility index (Phi) is 6.03. The van der Waals surface area contributed by atoms with Crippen molar-refractivity contribution in [2.75, 3.05) is 13.7 Å². The number of aromatic nitrogens is 4. The Bertz CT molecular complexity index is 1250. The van der Waals surface area contributed by atoms with E-state index < -0.39 is 17.2 Å². The van der Waals surface area contributed by atoms with Gasteiger partial charge in [0.05, 0.1) is 13.4 Å². The predicted molar refractivity (Wildman–Crippen MR) is 122 cm³/mol. The lowest BCUT2D eigenvalue weighted by Gasteiger charge is -2.30. The Morgan fingerprint density at radius 2 is 2.09 bits per heavy atom. The van der Waals surface area contributed by atoms with E-state index in [4.69, 9.17) is 10.5 Å². The van der Waals surface area contributed by atoms with Crippen LogP contribution < -0.4 is 5.73 Å². The molecule has 1 aromatic carbocycles. The molecular formula is C23H24FN5O2S. The van der Waals surface area contributed by atoms with Crippen LogP contribution in [0.1, 0.15) is 30.3 Å². The predicted octanol–water partition coefficient (Wildman–Crippen LogP) is 3.89. The number of methoxy groups -OCH3 is 1. The molecule has 0 bridgehead atoms. The molecule has 1 atom stereocenters. The molecule has 9 heteroatoms. The molecule has 0 fully saturated rings. The van der Waals surface area contributed by atoms with Crippen LogP contribution in [0, 0.1) is 5.82 Å². The van der Waals surface area contributed by atoms with Crippen LogP contribution in [0.15, 0.2) is 48.4 Å². The first kappa shape index (κ1) is 22.0. The number of ether oxygens (including phenoxy) is 1. The number of hydrogen-bond donors (Lipinski definition) is 1. The summed E-state index contributed by atoms with van der Waals surface area (Å²) in [6.45, 7) is 3.96. The molecule has 32 heavy (non-hydrogen) atoms. The van der Waals surface area contributed by atoms with Gasteiger partial charge in [0, 0.05) is 35.0 Å². The van der Waals surface area contributed by atoms with Crippen molar-refractivity contribution in [2.24, 2.45) is 5.73 Å². The first-order valence-corrected chi connectivity index (χ1v) is 11.1. The molecule has 0 amide bonds. The Morgan fingerprint density at radius 3 is 2.75 bits per heavy atom. The third-order valence-electron chi connectivity index (χ3n) is 5.65. The molecule has 0 saturated carbocycles. The van der Waals surface area contributed by atoms with Gasteiger partial charge in [-0.3, -0.25) is 4.79 Å². The summed E-state index contributed by atoms with van der Waals surface area (Å²) in [6, 6.07) is 8.53. The van der Waals surface area contributed by atoms with Gasteiger partial charge in [0.1, 0.15) is 28.8 Å². The van der Waals surface area contributed by atoms with Gasteiger partial charge in [-0.1, -0.05) is 6.07 Å². The highest BCUT2D eigenvalue weighted by Crippen LogP contribution is 2.36. The number of nitrogens with two attached hydrogens (primary N) is 1. The minimum absolute atomic E-state index is 0.112. The Balaban J connectivity index is 1.90. The van der Waals surface area contributed by atoms with Gasteiger partial charge in [0.25, 0.3) is 0 Å². The van der Waals surface area contributed by atoms with Gasteiger partial charge in [-0.05, 0) is 43.5 Å². The number of carbonyl (C=O) groups is 1. The van der Waals surface area contributed by atoms with Gasteiger partial charge >= 0.3 is 5.97 Å². The molecule has 0 radical (unpaired) electrons. The van der Waals surface area contributed by atoms with Crippen LogP contribution in [-0.4, -0.2) is 39.1 Å². The largest absolute Gasteiger partial charge is 0.468 e. The van der Waals surface area contributed by atoms with Gasteiger partial charge < -0.3 is 15.0 Å². The number of carbonyl (C=O) groups excluding carboxylic acids is 1. The highest BCUT2D eigenvalue weighted by molar-refractivity contribution is 7.09. The molecule has 0 spiro atoms. The number of thiophene rings is 1. The zero-order valence-electron chi connectivity index (χ0n) is 18.1. The van der Waals surface area contributed by atoms with Crippen molar-refractivity contribution in [3.63, 3.8) is 0 Å². The Labute approximate surface area is 189 Å². The van der Waals surface area contributed by atoms with Crippen LogP contribution in [0.25, 0.3) is 22.4 Å². The molecule has 1 unspecified atom stereocenters. The van der Waals surface area contributed by atoms with Gasteiger partial charge in [0.2, 0.25) is 0 Å². The second-order valence-corrected chi connectivity index (χ2v) is 8.90. The van der Waals surface area contributed by atoms with Crippen molar-refractivity contribution < 1.29 is 13.9 Å². The topological polar surface area (TPSA) is 95.9 Å². The summed E-state index contributed by atoms with van der Waals surface area (Å²) in [7, 11) is 1.29. The summed E-state index contributed by atoms with van der Waals surface area (Å²) in [6.07, 6.45) is 3.41. The molecule has 4 aromatic rings. The second kappa shape index (κ2) is 8.76. The monoisotopic (exact) mass is 453 g/mol. The molecule has 3 aromatic heterocycles. The van der Waals surface area contributed by atoms with Crippen molar-refractivity contribution >= 4 is 28.5 Å². The van der Waals surface area contributed by atoms with E-state index in [0.29, 0.717) is 22.4 Å². The van der Waals surface area contributed by atoms with E-state index in [2.05, 4.69) is 15.0 Å². The maximum atomic E-state index is 15.2. The maximum absolute atomic E-state index is 15.2. The van der Waals surface area contributed by atoms with E-state index in [9.17, 15) is 4.79 Å². The average Bonchev–Trinajstić information content (AvgIpc) is 3.47. The highest BCUT2D eigenvalue weighted by Gasteiger charge is 2.43. The Hall–Kier alpha value is -3.17. The van der Waals surface area contributed by atoms with E-state index in [-0.39, 0.29) is 24.6 Å². The SMILES string of the molecule is COC(=O)C(CN)(Cc1cccs1)c1cc(-c2ncnc3c2ncn3C(C)C)ccc1F. The van der Waals surface area contributed by atoms with E-state index in [0.717, 1.165) is 4.88 Å². The lowest BCUT2D eigenvalue weighted by molar-refractivity contribution is -0.147. The highest BCUT2D eigenvalue weighted by atomic mass is 32.1. The number of fused-ring (bicyclic) bond motifs is 1. The first-order chi connectivity index (χ1) is 15.4. The van der Waals surface area contributed by atoms with E-state index in [1.165, 1.54) is 30.8 Å². The molecule has 166 valence electrons. The molecule has 0 saturated heterocycles. The summed E-state index contributed by atoms with van der Waals surface area (Å²) in [5.41, 5.74) is 7.39. The number of imidazole rings is 1. The molecule has 0 aliphatic heterocycles. The van der Waals surface area contributed by atoms with Crippen LogP contribution in [0.2, 0.25) is 0 Å². The van der Waals surface area contributed by atoms with Crippen molar-refractivity contribution in [3.8, 4) is 11.3 Å². The number of esters is 1. The first-order valence-electron chi connectivity index (χ1n) is 10.2. The smallest absolute Gasteiger partial charge is 0.318 e. The number of nitrogens with zero attached hydrogens (tertiary/aromatic N) is 4. The molecule has 0 aliphatic carbocycles. The zero-order chi connectivity index (χ0) is 22.9. The Morgan fingerprint density at radius 1 is 1.28 bits per heavy atom. The fourth-order valence-electron chi connectivity index (χ4n) is 3.93. The standard InChI is InChI=1S/C23H24FN5O2S/c1-14(2)29-13-28-20-19(26-12-27-21(20)29)15-6-7-18(24)17(9-15)23(11-25,22(30)31-3)10-16-5-4-8-32-16/h4-9,12-14H,10-11,25H2,1-3H3. The second-order valence-electron chi connectivity index (χ2n) is 7.87. The molecule has 4 rings (SSSR count). The van der Waals surface area contributed by atoms with Crippen molar-refractivity contribution in [1.82, 2.24) is 19.5 Å². The van der Waals surface area contributed by atoms with Crippen LogP contribution in [-0.2, 0) is 21.4 Å². The molecular weight excluding hydrogens is 429 g/mol. The number of benzene rings is 1. The number of rotatable bonds is 7. The minimum Gasteiger partial charge on any atom is -0.468 e. The summed E-state index contributed by atoms with van der Waals surface area (Å²) in [5.74, 6) is -1.11. The lowest BCUT2D eigenvalue weighted by Crippen LogP contribution is -2.46. The summed E-state index contributed by atoms with van der Waals surface area (Å²) >= 11 is 1.48. The molecule has 2 N–H and O–H groups in total. The normalized spacial score (nSPS) is 13.4. The molecule has 7 nitrogen and oxygen atoms in total. The van der Waals surface area contributed by atoms with Crippen molar-refractivity contribution in [3.05, 3.63) is 64.6 Å². The average molecular weight is 454 g/mol. The van der Waals surface area contributed by atoms with Crippen LogP contribution in [0.5, 0.6) is 0 Å². The minimum atomic E-state index is -1.37. The van der Waals surface area contributed by atoms with Crippen LogP contribution in [0.4, 0.5) is 4.39 Å². The fraction of sp³-hybridized carbons (Fsp3) is 0.304. The number of hydrogen-bond acceptors (Lipinski definition) is 7. The third kappa shape index (κ3) is 3.67. The van der Waals surface area contributed by atoms with E-state index in [1.54, 1.807) is 18.5 Å². The maximum Gasteiger partial charge on any atom is 0.318 e. The molecule has 3 heterocycles. The van der Waals surface area contributed by atoms with Crippen LogP contribution in [0.3, 0.4) is 0 Å². The van der Waals surface area contributed by atoms with Crippen molar-refractivity contribution in [1.29, 1.82) is 0 Å². The summed E-state index contributed by atoms with van der Waals surface area (Å²) in [5, 5.41) is 1.91. The van der Waals surface area contributed by atoms with Gasteiger partial charge in [-0.25, -0.2) is 19.3 Å². The van der Waals surface area contributed by atoms with Gasteiger partial charge in [-0.15, -0.1) is 11.3 Å². The van der Waals surface area contributed by atoms with Gasteiger partial charge in [-0.2, -0.15) is 0 Å². The van der Waals surface area contributed by atoms with Gasteiger partial charge in [0.15, 0.2) is 5.65 Å². The zero-order valence-corrected chi connectivity index (χ0v) is 18.9. The number of halogens is 1. The summed E-state index contributed by atoms with van der Waals surface area (Å²) in [4.78, 5) is 27.2. The molecule has 0 aliphatic rings. The van der Waals surface area contributed by atoms with Crippen LogP contribution >= 0.6 is 11.3 Å². The third-order valence-corrected chi connectivity index (χ3v) is 6.53. The lowest BCUT2D eigenvalue weighted by atomic mass is 9.76. The van der Waals surface area contributed by atoms with E-state index in [1.807, 2.05) is 35.9 Å². The quantitative estimate of drug-likeness (QED) is 0.427. The van der Waals surface area contributed by atoms with E-state index >= 15 is 4.39 Å². The summed E-state index contributed by atoms with van der Waals surface area (Å²) < 4.78 is 22.2. The fourth-order valence-corrected chi connectivity index (χ4v) is 4.75.